The van der Waals surface area contributed by atoms with Gasteiger partial charge in [0.05, 0.1) is 5.92 Å². The van der Waals surface area contributed by atoms with Crippen molar-refractivity contribution < 1.29 is 9.53 Å². The predicted molar refractivity (Wildman–Crippen MR) is 66.4 cm³/mol. The molecule has 3 rings (SSSR count). The van der Waals surface area contributed by atoms with Crippen LogP contribution < -0.4 is 0 Å². The summed E-state index contributed by atoms with van der Waals surface area (Å²) in [7, 11) is 0. The molecule has 17 heavy (non-hydrogen) atoms. The van der Waals surface area contributed by atoms with Gasteiger partial charge in [0.15, 0.2) is 0 Å². The summed E-state index contributed by atoms with van der Waals surface area (Å²) in [5.41, 5.74) is 1.91. The number of carbonyl (C=O) groups is 1. The highest BCUT2D eigenvalue weighted by Crippen LogP contribution is 2.55. The number of carbonyl (C=O) groups excluding carboxylic acids is 1. The van der Waals surface area contributed by atoms with Gasteiger partial charge in [-0.3, -0.25) is 4.79 Å². The van der Waals surface area contributed by atoms with E-state index in [2.05, 4.69) is 19.9 Å². The Kier molecular flexibility index (Phi) is 2.39. The summed E-state index contributed by atoms with van der Waals surface area (Å²) >= 11 is 0. The number of ether oxygens (including phenoxy) is 1. The Morgan fingerprint density at radius 2 is 2.24 bits per heavy atom. The highest BCUT2D eigenvalue weighted by atomic mass is 16.6. The van der Waals surface area contributed by atoms with Gasteiger partial charge in [-0.1, -0.05) is 25.5 Å². The predicted octanol–water partition coefficient (Wildman–Crippen LogP) is 3.32. The summed E-state index contributed by atoms with van der Waals surface area (Å²) in [5.74, 6) is 1.28. The van der Waals surface area contributed by atoms with Gasteiger partial charge in [0.1, 0.15) is 6.10 Å². The van der Waals surface area contributed by atoms with Crippen LogP contribution in [-0.2, 0) is 9.53 Å². The van der Waals surface area contributed by atoms with E-state index in [9.17, 15) is 4.79 Å². The van der Waals surface area contributed by atoms with Crippen molar-refractivity contribution >= 4 is 5.97 Å². The lowest BCUT2D eigenvalue weighted by Gasteiger charge is -2.48. The lowest BCUT2D eigenvalue weighted by Crippen LogP contribution is -2.43. The molecule has 2 heteroatoms. The van der Waals surface area contributed by atoms with Crippen molar-refractivity contribution in [1.82, 2.24) is 0 Å². The molecule has 0 amide bonds. The second kappa shape index (κ2) is 3.60. The molecule has 0 N–H and O–H groups in total. The fraction of sp³-hybridized carbons (Fsp3) is 0.800. The average molecular weight is 234 g/mol. The first-order valence-corrected chi connectivity index (χ1v) is 6.88. The normalized spacial score (nSPS) is 49.1. The van der Waals surface area contributed by atoms with Crippen LogP contribution in [0.4, 0.5) is 0 Å². The second-order valence-electron chi connectivity index (χ2n) is 6.56. The van der Waals surface area contributed by atoms with Gasteiger partial charge in [-0.05, 0) is 43.9 Å². The van der Waals surface area contributed by atoms with E-state index in [1.54, 1.807) is 5.57 Å². The molecule has 0 aromatic heterocycles. The van der Waals surface area contributed by atoms with Crippen molar-refractivity contribution in [2.75, 3.05) is 0 Å². The molecule has 2 aliphatic carbocycles. The van der Waals surface area contributed by atoms with Gasteiger partial charge in [-0.2, -0.15) is 0 Å². The molecule has 1 saturated carbocycles. The zero-order valence-electron chi connectivity index (χ0n) is 11.0. The molecular weight excluding hydrogens is 212 g/mol. The molecule has 94 valence electrons. The van der Waals surface area contributed by atoms with Gasteiger partial charge in [-0.15, -0.1) is 0 Å². The average Bonchev–Trinajstić information content (AvgIpc) is 2.52. The van der Waals surface area contributed by atoms with E-state index in [1.165, 1.54) is 12.8 Å². The maximum atomic E-state index is 11.7. The Morgan fingerprint density at radius 1 is 1.47 bits per heavy atom. The molecule has 2 nitrogen and oxygen atoms in total. The molecular formula is C15H22O2. The number of hydrogen-bond acceptors (Lipinski definition) is 2. The van der Waals surface area contributed by atoms with Crippen LogP contribution in [0, 0.1) is 23.2 Å². The van der Waals surface area contributed by atoms with Crippen LogP contribution in [-0.4, -0.2) is 12.1 Å². The van der Waals surface area contributed by atoms with Gasteiger partial charge in [-0.25, -0.2) is 0 Å². The van der Waals surface area contributed by atoms with Crippen molar-refractivity contribution in [3.05, 3.63) is 11.6 Å². The minimum atomic E-state index is 0.0314. The number of allylic oxidation sites excluding steroid dienone is 2. The molecule has 0 bridgehead atoms. The summed E-state index contributed by atoms with van der Waals surface area (Å²) in [6, 6.07) is 0. The lowest BCUT2D eigenvalue weighted by molar-refractivity contribution is -0.145. The van der Waals surface area contributed by atoms with Crippen LogP contribution in [0.1, 0.15) is 46.5 Å². The summed E-state index contributed by atoms with van der Waals surface area (Å²) in [6.45, 7) is 6.70. The molecule has 1 heterocycles. The van der Waals surface area contributed by atoms with Crippen LogP contribution >= 0.6 is 0 Å². The van der Waals surface area contributed by atoms with Crippen LogP contribution in [0.15, 0.2) is 11.6 Å². The third kappa shape index (κ3) is 1.56. The zero-order chi connectivity index (χ0) is 12.2. The largest absolute Gasteiger partial charge is 0.462 e. The lowest BCUT2D eigenvalue weighted by atomic mass is 9.56. The van der Waals surface area contributed by atoms with E-state index in [0.29, 0.717) is 17.3 Å². The van der Waals surface area contributed by atoms with Crippen LogP contribution in [0.25, 0.3) is 0 Å². The van der Waals surface area contributed by atoms with Crippen LogP contribution in [0.3, 0.4) is 0 Å². The molecule has 1 aliphatic heterocycles. The minimum absolute atomic E-state index is 0.0314. The number of fused-ring (bicyclic) bond motifs is 2. The highest BCUT2D eigenvalue weighted by molar-refractivity contribution is 5.75. The summed E-state index contributed by atoms with van der Waals surface area (Å²) in [6.07, 6.45) is 7.27. The van der Waals surface area contributed by atoms with Crippen LogP contribution in [0.5, 0.6) is 0 Å². The first-order chi connectivity index (χ1) is 8.01. The SMILES string of the molecule is CC1=CCC[C@@]2(C)C[C@@H]3OC(=O)[C@H](C)[C@@H]3C[C@H]12. The molecule has 3 aliphatic rings. The minimum Gasteiger partial charge on any atom is -0.462 e. The topological polar surface area (TPSA) is 26.3 Å². The van der Waals surface area contributed by atoms with Gasteiger partial charge in [0.2, 0.25) is 0 Å². The quantitative estimate of drug-likeness (QED) is 0.475. The zero-order valence-corrected chi connectivity index (χ0v) is 11.0. The van der Waals surface area contributed by atoms with E-state index in [0.717, 1.165) is 12.8 Å². The fourth-order valence-electron chi connectivity index (χ4n) is 4.33. The Balaban J connectivity index is 1.91. The number of rotatable bonds is 0. The summed E-state index contributed by atoms with van der Waals surface area (Å²) in [5, 5.41) is 0. The van der Waals surface area contributed by atoms with E-state index in [4.69, 9.17) is 4.74 Å². The maximum absolute atomic E-state index is 11.7. The van der Waals surface area contributed by atoms with Gasteiger partial charge >= 0.3 is 5.97 Å². The second-order valence-corrected chi connectivity index (χ2v) is 6.56. The summed E-state index contributed by atoms with van der Waals surface area (Å²) < 4.78 is 5.57. The molecule has 2 fully saturated rings. The first kappa shape index (κ1) is 11.3. The van der Waals surface area contributed by atoms with Crippen molar-refractivity contribution in [3.8, 4) is 0 Å². The van der Waals surface area contributed by atoms with Gasteiger partial charge < -0.3 is 4.74 Å². The molecule has 0 aromatic carbocycles. The highest BCUT2D eigenvalue weighted by Gasteiger charge is 2.53. The first-order valence-electron chi connectivity index (χ1n) is 6.88. The van der Waals surface area contributed by atoms with E-state index in [1.807, 2.05) is 6.92 Å². The van der Waals surface area contributed by atoms with Crippen molar-refractivity contribution in [2.24, 2.45) is 23.2 Å². The Labute approximate surface area is 103 Å². The molecule has 5 atom stereocenters. The van der Waals surface area contributed by atoms with Crippen molar-refractivity contribution in [3.63, 3.8) is 0 Å². The monoisotopic (exact) mass is 234 g/mol. The fourth-order valence-corrected chi connectivity index (χ4v) is 4.33. The number of hydrogen-bond donors (Lipinski definition) is 0. The molecule has 0 unspecified atom stereocenters. The number of esters is 1. The third-order valence-electron chi connectivity index (χ3n) is 5.51. The van der Waals surface area contributed by atoms with Gasteiger partial charge in [0, 0.05) is 5.92 Å². The van der Waals surface area contributed by atoms with Crippen LogP contribution in [0.2, 0.25) is 0 Å². The Hall–Kier alpha value is -0.790. The smallest absolute Gasteiger partial charge is 0.309 e. The maximum Gasteiger partial charge on any atom is 0.309 e. The molecule has 0 aromatic rings. The Morgan fingerprint density at radius 3 is 3.00 bits per heavy atom. The Bertz CT molecular complexity index is 384. The third-order valence-corrected chi connectivity index (χ3v) is 5.51. The van der Waals surface area contributed by atoms with E-state index < -0.39 is 0 Å². The van der Waals surface area contributed by atoms with Crippen molar-refractivity contribution in [2.45, 2.75) is 52.6 Å². The van der Waals surface area contributed by atoms with E-state index >= 15 is 0 Å². The summed E-state index contributed by atoms with van der Waals surface area (Å²) in [4.78, 5) is 11.7. The van der Waals surface area contributed by atoms with Crippen molar-refractivity contribution in [1.29, 1.82) is 0 Å². The molecule has 0 spiro atoms. The van der Waals surface area contributed by atoms with E-state index in [-0.39, 0.29) is 18.0 Å². The molecule has 0 radical (unpaired) electrons. The molecule has 1 saturated heterocycles. The standard InChI is InChI=1S/C15H22O2/c1-9-5-4-6-15(3)8-13-11(7-12(9)15)10(2)14(16)17-13/h5,10-13H,4,6-8H2,1-3H3/t10-,11+,12-,13+,15+/m1/s1. The van der Waals surface area contributed by atoms with Gasteiger partial charge in [0.25, 0.3) is 0 Å².